The lowest BCUT2D eigenvalue weighted by Crippen LogP contribution is -2.34. The fourth-order valence-corrected chi connectivity index (χ4v) is 4.96. The van der Waals surface area contributed by atoms with E-state index in [-0.39, 0.29) is 18.0 Å². The van der Waals surface area contributed by atoms with Crippen LogP contribution in [0.3, 0.4) is 0 Å². The van der Waals surface area contributed by atoms with Crippen LogP contribution >= 0.6 is 0 Å². The molecule has 8 heteroatoms. The number of carbonyl (C=O) groups excluding carboxylic acids is 1. The Kier molecular flexibility index (Phi) is 5.79. The van der Waals surface area contributed by atoms with Gasteiger partial charge in [-0.2, -0.15) is 13.2 Å². The van der Waals surface area contributed by atoms with Gasteiger partial charge in [-0.1, -0.05) is 12.1 Å². The Morgan fingerprint density at radius 1 is 1.06 bits per heavy atom. The molecule has 1 aliphatic carbocycles. The molecule has 182 valence electrons. The molecule has 0 spiro atoms. The number of amides is 1. The first-order chi connectivity index (χ1) is 16.6. The molecule has 1 aromatic heterocycles. The van der Waals surface area contributed by atoms with Gasteiger partial charge in [0.05, 0.1) is 23.4 Å². The first kappa shape index (κ1) is 23.4. The predicted octanol–water partition coefficient (Wildman–Crippen LogP) is 5.73. The predicted molar refractivity (Wildman–Crippen MR) is 131 cm³/mol. The normalized spacial score (nSPS) is 17.2. The molecule has 1 amide bonds. The van der Waals surface area contributed by atoms with Crippen LogP contribution in [0.4, 0.5) is 30.2 Å². The number of nitrogens with one attached hydrogen (secondary N) is 2. The number of likely N-dealkylation sites (N-methyl/N-ethyl adjacent to an activating group) is 1. The molecule has 2 heterocycles. The summed E-state index contributed by atoms with van der Waals surface area (Å²) in [5, 5.41) is 6.09. The minimum absolute atomic E-state index is 0.0942. The molecule has 35 heavy (non-hydrogen) atoms. The number of nitrogens with zero attached hydrogens (tertiary/aromatic N) is 2. The van der Waals surface area contributed by atoms with Gasteiger partial charge in [-0.25, -0.2) is 0 Å². The van der Waals surface area contributed by atoms with Crippen molar-refractivity contribution in [3.8, 4) is 11.1 Å². The van der Waals surface area contributed by atoms with Gasteiger partial charge in [-0.15, -0.1) is 0 Å². The van der Waals surface area contributed by atoms with Crippen molar-refractivity contribution in [1.82, 2.24) is 9.88 Å². The summed E-state index contributed by atoms with van der Waals surface area (Å²) in [4.78, 5) is 19.5. The third-order valence-electron chi connectivity index (χ3n) is 6.93. The van der Waals surface area contributed by atoms with Gasteiger partial charge in [0.1, 0.15) is 0 Å². The molecule has 5 rings (SSSR count). The van der Waals surface area contributed by atoms with Crippen LogP contribution in [0.2, 0.25) is 0 Å². The van der Waals surface area contributed by atoms with Gasteiger partial charge in [-0.05, 0) is 87.3 Å². The zero-order chi connectivity index (χ0) is 24.9. The van der Waals surface area contributed by atoms with E-state index in [0.29, 0.717) is 11.6 Å². The second-order valence-electron chi connectivity index (χ2n) is 9.57. The summed E-state index contributed by atoms with van der Waals surface area (Å²) in [6.07, 6.45) is -1.41. The summed E-state index contributed by atoms with van der Waals surface area (Å²) < 4.78 is 39.8. The molecular weight excluding hydrogens is 453 g/mol. The van der Waals surface area contributed by atoms with Crippen LogP contribution in [-0.2, 0) is 30.2 Å². The van der Waals surface area contributed by atoms with Crippen LogP contribution in [0.25, 0.3) is 11.1 Å². The Labute approximate surface area is 202 Å². The highest BCUT2D eigenvalue weighted by atomic mass is 19.4. The molecule has 0 saturated carbocycles. The smallest absolute Gasteiger partial charge is 0.354 e. The second-order valence-corrected chi connectivity index (χ2v) is 9.57. The van der Waals surface area contributed by atoms with Gasteiger partial charge in [0.25, 0.3) is 0 Å². The van der Waals surface area contributed by atoms with Gasteiger partial charge in [0.2, 0.25) is 5.91 Å². The van der Waals surface area contributed by atoms with Crippen molar-refractivity contribution in [1.29, 1.82) is 0 Å². The number of hydrogen-bond donors (Lipinski definition) is 2. The van der Waals surface area contributed by atoms with Gasteiger partial charge >= 0.3 is 6.18 Å². The van der Waals surface area contributed by atoms with E-state index in [1.165, 1.54) is 11.6 Å². The molecule has 0 bridgehead atoms. The number of anilines is 3. The van der Waals surface area contributed by atoms with Gasteiger partial charge in [-0.3, -0.25) is 9.78 Å². The fraction of sp³-hybridized carbons (Fsp3) is 0.333. The molecule has 2 aromatic carbocycles. The van der Waals surface area contributed by atoms with E-state index in [0.717, 1.165) is 65.3 Å². The third kappa shape index (κ3) is 4.62. The standard InChI is InChI=1S/C27H27F3N4O/c1-15-24(11-17-10-20(34(2)3)7-9-23(17)31-15)32-19-6-4-16-12-26(35)33-25-13-18(27(28,29)30)5-8-21(25)22(16)14-19/h4-6,8,11,13-14,20,32H,7,9-10,12H2,1-3H3,(H,33,35). The van der Waals surface area contributed by atoms with Crippen molar-refractivity contribution in [3.05, 3.63) is 70.5 Å². The Morgan fingerprint density at radius 2 is 1.86 bits per heavy atom. The maximum atomic E-state index is 13.3. The SMILES string of the molecule is Cc1nc2c(cc1Nc1ccc3c(c1)-c1ccc(C(F)(F)F)cc1NC(=O)C3)CC(N(C)C)CC2. The quantitative estimate of drug-likeness (QED) is 0.503. The summed E-state index contributed by atoms with van der Waals surface area (Å²) >= 11 is 0. The van der Waals surface area contributed by atoms with Crippen molar-refractivity contribution in [3.63, 3.8) is 0 Å². The molecule has 0 fully saturated rings. The number of aromatic nitrogens is 1. The molecule has 2 aliphatic rings. The average molecular weight is 481 g/mol. The molecule has 0 saturated heterocycles. The van der Waals surface area contributed by atoms with Crippen molar-refractivity contribution in [2.45, 2.75) is 44.8 Å². The summed E-state index contributed by atoms with van der Waals surface area (Å²) in [5.41, 5.74) is 6.40. The summed E-state index contributed by atoms with van der Waals surface area (Å²) in [7, 11) is 4.20. The average Bonchev–Trinajstić information content (AvgIpc) is 2.93. The Hall–Kier alpha value is -3.39. The molecule has 0 radical (unpaired) electrons. The van der Waals surface area contributed by atoms with E-state index in [1.54, 1.807) is 0 Å². The van der Waals surface area contributed by atoms with E-state index in [4.69, 9.17) is 4.98 Å². The molecule has 1 unspecified atom stereocenters. The van der Waals surface area contributed by atoms with E-state index in [9.17, 15) is 18.0 Å². The lowest BCUT2D eigenvalue weighted by atomic mass is 9.90. The molecular formula is C27H27F3N4O. The lowest BCUT2D eigenvalue weighted by molar-refractivity contribution is -0.137. The maximum Gasteiger partial charge on any atom is 0.416 e. The highest BCUT2D eigenvalue weighted by Gasteiger charge is 2.32. The largest absolute Gasteiger partial charge is 0.416 e. The topological polar surface area (TPSA) is 57.3 Å². The van der Waals surface area contributed by atoms with E-state index < -0.39 is 11.7 Å². The van der Waals surface area contributed by atoms with Crippen LogP contribution < -0.4 is 10.6 Å². The highest BCUT2D eigenvalue weighted by Crippen LogP contribution is 2.40. The Bertz CT molecular complexity index is 1320. The summed E-state index contributed by atoms with van der Waals surface area (Å²) in [6.45, 7) is 1.97. The van der Waals surface area contributed by atoms with Crippen LogP contribution in [0.15, 0.2) is 42.5 Å². The Balaban J connectivity index is 1.51. The third-order valence-corrected chi connectivity index (χ3v) is 6.93. The summed E-state index contributed by atoms with van der Waals surface area (Å²) in [6, 6.07) is 11.8. The Morgan fingerprint density at radius 3 is 2.60 bits per heavy atom. The number of halogens is 3. The number of fused-ring (bicyclic) bond motifs is 4. The monoisotopic (exact) mass is 480 g/mol. The number of alkyl halides is 3. The molecule has 2 N–H and O–H groups in total. The van der Waals surface area contributed by atoms with Gasteiger partial charge < -0.3 is 15.5 Å². The van der Waals surface area contributed by atoms with Crippen LogP contribution in [0, 0.1) is 6.92 Å². The highest BCUT2D eigenvalue weighted by molar-refractivity contribution is 6.01. The number of benzene rings is 2. The zero-order valence-corrected chi connectivity index (χ0v) is 19.9. The van der Waals surface area contributed by atoms with Crippen molar-refractivity contribution in [2.24, 2.45) is 0 Å². The van der Waals surface area contributed by atoms with Gasteiger partial charge in [0.15, 0.2) is 0 Å². The minimum atomic E-state index is -4.49. The molecule has 1 atom stereocenters. The molecule has 3 aromatic rings. The zero-order valence-electron chi connectivity index (χ0n) is 19.9. The summed E-state index contributed by atoms with van der Waals surface area (Å²) in [5.74, 6) is -0.338. The number of rotatable bonds is 3. The lowest BCUT2D eigenvalue weighted by Gasteiger charge is -2.30. The number of carbonyl (C=O) groups is 1. The number of hydrogen-bond acceptors (Lipinski definition) is 4. The molecule has 5 nitrogen and oxygen atoms in total. The first-order valence-electron chi connectivity index (χ1n) is 11.7. The van der Waals surface area contributed by atoms with Gasteiger partial charge in [0, 0.05) is 28.7 Å². The van der Waals surface area contributed by atoms with E-state index >= 15 is 0 Å². The van der Waals surface area contributed by atoms with Crippen LogP contribution in [0.5, 0.6) is 0 Å². The fourth-order valence-electron chi connectivity index (χ4n) is 4.96. The van der Waals surface area contributed by atoms with Crippen LogP contribution in [0.1, 0.15) is 34.5 Å². The van der Waals surface area contributed by atoms with Crippen molar-refractivity contribution < 1.29 is 18.0 Å². The maximum absolute atomic E-state index is 13.3. The second kappa shape index (κ2) is 8.68. The molecule has 1 aliphatic heterocycles. The number of aryl methyl sites for hydroxylation is 2. The van der Waals surface area contributed by atoms with E-state index in [2.05, 4.69) is 35.7 Å². The van der Waals surface area contributed by atoms with Crippen LogP contribution in [-0.4, -0.2) is 35.9 Å². The number of pyridine rings is 1. The van der Waals surface area contributed by atoms with Crippen molar-refractivity contribution >= 4 is 23.0 Å². The minimum Gasteiger partial charge on any atom is -0.354 e. The van der Waals surface area contributed by atoms with Crippen molar-refractivity contribution in [2.75, 3.05) is 24.7 Å². The first-order valence-corrected chi connectivity index (χ1v) is 11.7. The van der Waals surface area contributed by atoms with E-state index in [1.807, 2.05) is 25.1 Å².